The molecule has 0 amide bonds. The molecular weight excluding hydrogens is 228 g/mol. The summed E-state index contributed by atoms with van der Waals surface area (Å²) < 4.78 is 0. The number of aliphatic carboxylic acids is 1. The van der Waals surface area contributed by atoms with Crippen molar-refractivity contribution in [3.05, 3.63) is 35.4 Å². The molecular formula is C15H18O3. The summed E-state index contributed by atoms with van der Waals surface area (Å²) in [4.78, 5) is 23.4. The Balaban J connectivity index is 2.17. The molecule has 96 valence electrons. The molecule has 2 rings (SSSR count). The van der Waals surface area contributed by atoms with Crippen molar-refractivity contribution in [2.75, 3.05) is 0 Å². The van der Waals surface area contributed by atoms with Crippen LogP contribution in [-0.2, 0) is 11.2 Å². The average molecular weight is 246 g/mol. The molecule has 1 fully saturated rings. The largest absolute Gasteiger partial charge is 0.481 e. The first kappa shape index (κ1) is 12.8. The van der Waals surface area contributed by atoms with Gasteiger partial charge in [-0.2, -0.15) is 0 Å². The molecule has 0 heterocycles. The van der Waals surface area contributed by atoms with Crippen molar-refractivity contribution in [1.29, 1.82) is 0 Å². The van der Waals surface area contributed by atoms with Crippen LogP contribution in [0.2, 0.25) is 0 Å². The van der Waals surface area contributed by atoms with Crippen molar-refractivity contribution in [3.8, 4) is 0 Å². The number of Topliss-reactive ketones (excluding diaryl/α,β-unsaturated/α-hetero) is 1. The maximum Gasteiger partial charge on any atom is 0.307 e. The van der Waals surface area contributed by atoms with Crippen LogP contribution < -0.4 is 0 Å². The smallest absolute Gasteiger partial charge is 0.307 e. The maximum absolute atomic E-state index is 12.3. The van der Waals surface area contributed by atoms with E-state index in [2.05, 4.69) is 6.92 Å². The second kappa shape index (κ2) is 5.34. The van der Waals surface area contributed by atoms with Crippen molar-refractivity contribution >= 4 is 11.8 Å². The van der Waals surface area contributed by atoms with E-state index in [1.54, 1.807) is 0 Å². The lowest BCUT2D eigenvalue weighted by molar-refractivity contribution is -0.142. The van der Waals surface area contributed by atoms with E-state index in [4.69, 9.17) is 5.11 Å². The van der Waals surface area contributed by atoms with E-state index < -0.39 is 11.9 Å². The molecule has 2 atom stereocenters. The van der Waals surface area contributed by atoms with Crippen LogP contribution in [0.15, 0.2) is 24.3 Å². The van der Waals surface area contributed by atoms with E-state index in [1.165, 1.54) is 5.56 Å². The van der Waals surface area contributed by atoms with Gasteiger partial charge in [-0.1, -0.05) is 37.6 Å². The Morgan fingerprint density at radius 2 is 1.78 bits per heavy atom. The van der Waals surface area contributed by atoms with Crippen LogP contribution in [0.5, 0.6) is 0 Å². The Labute approximate surface area is 107 Å². The fraction of sp³-hybridized carbons (Fsp3) is 0.467. The molecule has 0 aliphatic heterocycles. The van der Waals surface area contributed by atoms with Gasteiger partial charge >= 0.3 is 5.97 Å². The third-order valence-corrected chi connectivity index (χ3v) is 3.82. The van der Waals surface area contributed by atoms with Crippen molar-refractivity contribution < 1.29 is 14.7 Å². The van der Waals surface area contributed by atoms with Crippen LogP contribution in [0.3, 0.4) is 0 Å². The number of carboxylic acid groups (broad SMARTS) is 1. The highest BCUT2D eigenvalue weighted by Gasteiger charge is 2.37. The summed E-state index contributed by atoms with van der Waals surface area (Å²) in [5.74, 6) is -1.68. The number of carbonyl (C=O) groups is 2. The molecule has 1 N–H and O–H groups in total. The number of hydrogen-bond acceptors (Lipinski definition) is 2. The third kappa shape index (κ3) is 2.45. The van der Waals surface area contributed by atoms with Crippen LogP contribution in [0.25, 0.3) is 0 Å². The lowest BCUT2D eigenvalue weighted by atomic mass is 9.88. The summed E-state index contributed by atoms with van der Waals surface area (Å²) in [6, 6.07) is 7.52. The van der Waals surface area contributed by atoms with Gasteiger partial charge in [-0.15, -0.1) is 0 Å². The van der Waals surface area contributed by atoms with Crippen LogP contribution in [0.4, 0.5) is 0 Å². The van der Waals surface area contributed by atoms with Gasteiger partial charge in [0.1, 0.15) is 0 Å². The Kier molecular flexibility index (Phi) is 3.80. The summed E-state index contributed by atoms with van der Waals surface area (Å²) in [6.45, 7) is 2.06. The highest BCUT2D eigenvalue weighted by molar-refractivity contribution is 6.00. The van der Waals surface area contributed by atoms with Gasteiger partial charge in [0.25, 0.3) is 0 Å². The first-order chi connectivity index (χ1) is 8.63. The number of carboxylic acids is 1. The van der Waals surface area contributed by atoms with Crippen LogP contribution in [0.1, 0.15) is 42.1 Å². The summed E-state index contributed by atoms with van der Waals surface area (Å²) in [5.41, 5.74) is 1.83. The SMILES string of the molecule is CCc1ccc(C(=O)C2CCCC2C(=O)O)cc1. The summed E-state index contributed by atoms with van der Waals surface area (Å²) in [6.07, 6.45) is 3.10. The van der Waals surface area contributed by atoms with E-state index in [-0.39, 0.29) is 11.7 Å². The topological polar surface area (TPSA) is 54.4 Å². The lowest BCUT2D eigenvalue weighted by Crippen LogP contribution is -2.25. The summed E-state index contributed by atoms with van der Waals surface area (Å²) in [7, 11) is 0. The van der Waals surface area contributed by atoms with Crippen molar-refractivity contribution in [2.24, 2.45) is 11.8 Å². The number of benzene rings is 1. The van der Waals surface area contributed by atoms with Gasteiger partial charge in [0.15, 0.2) is 5.78 Å². The average Bonchev–Trinajstić information content (AvgIpc) is 2.87. The predicted molar refractivity (Wildman–Crippen MR) is 68.6 cm³/mol. The molecule has 0 aromatic heterocycles. The standard InChI is InChI=1S/C15H18O3/c1-2-10-6-8-11(9-7-10)14(16)12-4-3-5-13(12)15(17)18/h6-9,12-13H,2-5H2,1H3,(H,17,18). The normalized spacial score (nSPS) is 22.9. The molecule has 0 bridgehead atoms. The van der Waals surface area contributed by atoms with Crippen LogP contribution in [-0.4, -0.2) is 16.9 Å². The minimum Gasteiger partial charge on any atom is -0.481 e. The van der Waals surface area contributed by atoms with Gasteiger partial charge in [0.05, 0.1) is 5.92 Å². The van der Waals surface area contributed by atoms with Gasteiger partial charge in [-0.3, -0.25) is 9.59 Å². The highest BCUT2D eigenvalue weighted by Crippen LogP contribution is 2.34. The number of hydrogen-bond donors (Lipinski definition) is 1. The van der Waals surface area contributed by atoms with Gasteiger partial charge < -0.3 is 5.11 Å². The van der Waals surface area contributed by atoms with E-state index in [0.29, 0.717) is 18.4 Å². The zero-order valence-electron chi connectivity index (χ0n) is 10.6. The molecule has 2 unspecified atom stereocenters. The molecule has 3 heteroatoms. The number of carbonyl (C=O) groups excluding carboxylic acids is 1. The Morgan fingerprint density at radius 1 is 1.17 bits per heavy atom. The Bertz CT molecular complexity index is 447. The number of ketones is 1. The minimum atomic E-state index is -0.837. The van der Waals surface area contributed by atoms with E-state index in [1.807, 2.05) is 24.3 Å². The number of rotatable bonds is 4. The summed E-state index contributed by atoms with van der Waals surface area (Å²) in [5, 5.41) is 9.11. The maximum atomic E-state index is 12.3. The van der Waals surface area contributed by atoms with E-state index in [0.717, 1.165) is 12.8 Å². The molecule has 1 aromatic carbocycles. The van der Waals surface area contributed by atoms with Gasteiger partial charge in [-0.05, 0) is 24.8 Å². The van der Waals surface area contributed by atoms with Gasteiger partial charge in [-0.25, -0.2) is 0 Å². The fourth-order valence-corrected chi connectivity index (χ4v) is 2.69. The fourth-order valence-electron chi connectivity index (χ4n) is 2.69. The van der Waals surface area contributed by atoms with Crippen molar-refractivity contribution in [2.45, 2.75) is 32.6 Å². The lowest BCUT2D eigenvalue weighted by Gasteiger charge is -2.14. The van der Waals surface area contributed by atoms with E-state index in [9.17, 15) is 9.59 Å². The molecule has 1 saturated carbocycles. The van der Waals surface area contributed by atoms with Crippen molar-refractivity contribution in [3.63, 3.8) is 0 Å². The van der Waals surface area contributed by atoms with Gasteiger partial charge in [0, 0.05) is 11.5 Å². The van der Waals surface area contributed by atoms with Crippen LogP contribution in [0, 0.1) is 11.8 Å². The monoisotopic (exact) mass is 246 g/mol. The molecule has 0 radical (unpaired) electrons. The first-order valence-electron chi connectivity index (χ1n) is 6.49. The Morgan fingerprint density at radius 3 is 2.33 bits per heavy atom. The molecule has 0 spiro atoms. The first-order valence-corrected chi connectivity index (χ1v) is 6.49. The zero-order chi connectivity index (χ0) is 13.1. The molecule has 1 aromatic rings. The second-order valence-electron chi connectivity index (χ2n) is 4.90. The quantitative estimate of drug-likeness (QED) is 0.831. The van der Waals surface area contributed by atoms with Crippen LogP contribution >= 0.6 is 0 Å². The zero-order valence-corrected chi connectivity index (χ0v) is 10.6. The predicted octanol–water partition coefficient (Wildman–Crippen LogP) is 2.93. The second-order valence-corrected chi connectivity index (χ2v) is 4.90. The van der Waals surface area contributed by atoms with Gasteiger partial charge in [0.2, 0.25) is 0 Å². The molecule has 1 aliphatic rings. The Hall–Kier alpha value is -1.64. The minimum absolute atomic E-state index is 0.0115. The number of aryl methyl sites for hydroxylation is 1. The van der Waals surface area contributed by atoms with E-state index >= 15 is 0 Å². The molecule has 1 aliphatic carbocycles. The molecule has 3 nitrogen and oxygen atoms in total. The molecule has 18 heavy (non-hydrogen) atoms. The summed E-state index contributed by atoms with van der Waals surface area (Å²) >= 11 is 0. The molecule has 0 saturated heterocycles. The van der Waals surface area contributed by atoms with Crippen molar-refractivity contribution in [1.82, 2.24) is 0 Å². The third-order valence-electron chi connectivity index (χ3n) is 3.82. The highest BCUT2D eigenvalue weighted by atomic mass is 16.4.